The van der Waals surface area contributed by atoms with Crippen LogP contribution >= 0.6 is 11.3 Å². The topological polar surface area (TPSA) is 102 Å². The minimum Gasteiger partial charge on any atom is -0.495 e. The lowest BCUT2D eigenvalue weighted by Gasteiger charge is -2.12. The van der Waals surface area contributed by atoms with Crippen LogP contribution in [0.2, 0.25) is 0 Å². The molecule has 1 amide bonds. The van der Waals surface area contributed by atoms with Crippen LogP contribution in [0.1, 0.15) is 10.4 Å². The van der Waals surface area contributed by atoms with E-state index in [9.17, 15) is 13.2 Å². The van der Waals surface area contributed by atoms with E-state index in [1.54, 1.807) is 23.0 Å². The monoisotopic (exact) mass is 468 g/mol. The number of nitrogens with zero attached hydrogens (tertiary/aromatic N) is 2. The van der Waals surface area contributed by atoms with Crippen LogP contribution < -0.4 is 14.8 Å². The number of hydrogen-bond acceptors (Lipinski definition) is 6. The first-order valence-corrected chi connectivity index (χ1v) is 12.3. The predicted octanol–water partition coefficient (Wildman–Crippen LogP) is 4.23. The maximum absolute atomic E-state index is 13.2. The van der Waals surface area contributed by atoms with Crippen LogP contribution in [0.4, 0.5) is 11.4 Å². The Bertz CT molecular complexity index is 1350. The molecular formula is C22H20N4O4S2. The van der Waals surface area contributed by atoms with E-state index < -0.39 is 10.0 Å². The molecule has 0 unspecified atom stereocenters. The van der Waals surface area contributed by atoms with Crippen molar-refractivity contribution in [1.82, 2.24) is 9.78 Å². The molecule has 2 aromatic carbocycles. The number of carbonyl (C=O) groups excluding carboxylic acids is 1. The van der Waals surface area contributed by atoms with Gasteiger partial charge in [-0.1, -0.05) is 24.3 Å². The highest BCUT2D eigenvalue weighted by atomic mass is 32.2. The van der Waals surface area contributed by atoms with Gasteiger partial charge in [0.15, 0.2) is 0 Å². The number of methoxy groups -OCH3 is 1. The maximum atomic E-state index is 13.2. The van der Waals surface area contributed by atoms with Gasteiger partial charge in [0.25, 0.3) is 5.91 Å². The number of para-hydroxylation sites is 1. The summed E-state index contributed by atoms with van der Waals surface area (Å²) in [5.74, 6) is -0.0318. The number of amides is 1. The van der Waals surface area contributed by atoms with Crippen LogP contribution in [0.15, 0.2) is 72.2 Å². The molecule has 10 heteroatoms. The summed E-state index contributed by atoms with van der Waals surface area (Å²) in [7, 11) is -2.09. The summed E-state index contributed by atoms with van der Waals surface area (Å²) >= 11 is 1.49. The van der Waals surface area contributed by atoms with Gasteiger partial charge in [0.05, 0.1) is 35.2 Å². The Morgan fingerprint density at radius 3 is 2.53 bits per heavy atom. The Kier molecular flexibility index (Phi) is 5.97. The largest absolute Gasteiger partial charge is 0.495 e. The third kappa shape index (κ3) is 4.82. The second-order valence-electron chi connectivity index (χ2n) is 6.89. The summed E-state index contributed by atoms with van der Waals surface area (Å²) in [6.45, 7) is 0. The van der Waals surface area contributed by atoms with E-state index in [4.69, 9.17) is 4.74 Å². The molecule has 2 N–H and O–H groups in total. The molecule has 0 radical (unpaired) electrons. The lowest BCUT2D eigenvalue weighted by atomic mass is 10.2. The first kappa shape index (κ1) is 21.6. The molecule has 0 spiro atoms. The summed E-state index contributed by atoms with van der Waals surface area (Å²) in [5, 5.41) is 9.38. The van der Waals surface area contributed by atoms with Gasteiger partial charge in [0, 0.05) is 11.9 Å². The number of anilines is 2. The van der Waals surface area contributed by atoms with Gasteiger partial charge in [-0.25, -0.2) is 13.1 Å². The number of rotatable bonds is 7. The number of ether oxygens (including phenoxy) is 1. The van der Waals surface area contributed by atoms with E-state index in [0.29, 0.717) is 22.7 Å². The average Bonchev–Trinajstić information content (AvgIpc) is 3.43. The smallest absolute Gasteiger partial charge is 0.259 e. The van der Waals surface area contributed by atoms with Crippen molar-refractivity contribution in [3.8, 4) is 22.0 Å². The molecule has 0 aliphatic rings. The highest BCUT2D eigenvalue weighted by Crippen LogP contribution is 2.31. The second kappa shape index (κ2) is 8.85. The van der Waals surface area contributed by atoms with Crippen molar-refractivity contribution in [3.05, 3.63) is 77.8 Å². The van der Waals surface area contributed by atoms with Gasteiger partial charge >= 0.3 is 0 Å². The molecule has 0 atom stereocenters. The molecule has 0 saturated carbocycles. The SMILES string of the molecule is COc1ccc(NC(=O)c2cn(-c3ccccc3)nc2-c2cccs2)cc1NS(C)(=O)=O. The highest BCUT2D eigenvalue weighted by molar-refractivity contribution is 7.92. The quantitative estimate of drug-likeness (QED) is 0.423. The zero-order chi connectivity index (χ0) is 22.7. The number of nitrogens with one attached hydrogen (secondary N) is 2. The first-order valence-electron chi connectivity index (χ1n) is 9.50. The molecule has 8 nitrogen and oxygen atoms in total. The summed E-state index contributed by atoms with van der Waals surface area (Å²) in [6.07, 6.45) is 2.72. The molecule has 0 aliphatic heterocycles. The normalized spacial score (nSPS) is 11.2. The van der Waals surface area contributed by atoms with Gasteiger partial charge in [0.1, 0.15) is 11.4 Å². The maximum Gasteiger partial charge on any atom is 0.259 e. The summed E-state index contributed by atoms with van der Waals surface area (Å²) in [4.78, 5) is 14.1. The Labute approximate surface area is 189 Å². The first-order chi connectivity index (χ1) is 15.3. The Hall–Kier alpha value is -3.63. The number of hydrogen-bond donors (Lipinski definition) is 2. The van der Waals surface area contributed by atoms with Gasteiger partial charge in [-0.05, 0) is 41.8 Å². The molecule has 0 aliphatic carbocycles. The van der Waals surface area contributed by atoms with Crippen molar-refractivity contribution >= 4 is 38.6 Å². The van der Waals surface area contributed by atoms with Crippen LogP contribution in [0, 0.1) is 0 Å². The molecule has 0 saturated heterocycles. The zero-order valence-corrected chi connectivity index (χ0v) is 18.9. The minimum atomic E-state index is -3.53. The zero-order valence-electron chi connectivity index (χ0n) is 17.3. The molecule has 0 fully saturated rings. The van der Waals surface area contributed by atoms with Crippen molar-refractivity contribution in [3.63, 3.8) is 0 Å². The average molecular weight is 469 g/mol. The summed E-state index contributed by atoms with van der Waals surface area (Å²) in [6, 6.07) is 18.0. The van der Waals surface area contributed by atoms with E-state index >= 15 is 0 Å². The lowest BCUT2D eigenvalue weighted by molar-refractivity contribution is 0.102. The van der Waals surface area contributed by atoms with Crippen LogP contribution in [-0.4, -0.2) is 37.5 Å². The Balaban J connectivity index is 1.69. The number of carbonyl (C=O) groups is 1. The number of thiophene rings is 1. The molecule has 2 heterocycles. The van der Waals surface area contributed by atoms with Crippen molar-refractivity contribution in [2.45, 2.75) is 0 Å². The molecule has 4 aromatic rings. The van der Waals surface area contributed by atoms with Crippen molar-refractivity contribution in [2.75, 3.05) is 23.4 Å². The fourth-order valence-electron chi connectivity index (χ4n) is 3.11. The van der Waals surface area contributed by atoms with Crippen molar-refractivity contribution in [2.24, 2.45) is 0 Å². The van der Waals surface area contributed by atoms with Crippen molar-refractivity contribution < 1.29 is 17.9 Å². The van der Waals surface area contributed by atoms with Crippen molar-refractivity contribution in [1.29, 1.82) is 0 Å². The highest BCUT2D eigenvalue weighted by Gasteiger charge is 2.20. The Morgan fingerprint density at radius 2 is 1.88 bits per heavy atom. The minimum absolute atomic E-state index is 0.228. The van der Waals surface area contributed by atoms with Crippen LogP contribution in [-0.2, 0) is 10.0 Å². The van der Waals surface area contributed by atoms with Crippen LogP contribution in [0.25, 0.3) is 16.3 Å². The van der Waals surface area contributed by atoms with E-state index in [1.807, 2.05) is 47.8 Å². The van der Waals surface area contributed by atoms with E-state index in [2.05, 4.69) is 15.1 Å². The molecule has 2 aromatic heterocycles. The van der Waals surface area contributed by atoms with Gasteiger partial charge in [-0.2, -0.15) is 5.10 Å². The molecule has 164 valence electrons. The second-order valence-corrected chi connectivity index (χ2v) is 9.59. The predicted molar refractivity (Wildman–Crippen MR) is 126 cm³/mol. The summed E-state index contributed by atoms with van der Waals surface area (Å²) < 4.78 is 32.6. The van der Waals surface area contributed by atoms with Crippen LogP contribution in [0.5, 0.6) is 5.75 Å². The third-order valence-electron chi connectivity index (χ3n) is 4.49. The molecule has 0 bridgehead atoms. The van der Waals surface area contributed by atoms with Gasteiger partial charge < -0.3 is 10.1 Å². The molecule has 4 rings (SSSR count). The number of benzene rings is 2. The fourth-order valence-corrected chi connectivity index (χ4v) is 4.39. The third-order valence-corrected chi connectivity index (χ3v) is 5.95. The lowest BCUT2D eigenvalue weighted by Crippen LogP contribution is -2.14. The van der Waals surface area contributed by atoms with Gasteiger partial charge in [0.2, 0.25) is 10.0 Å². The summed E-state index contributed by atoms with van der Waals surface area (Å²) in [5.41, 5.74) is 2.42. The fraction of sp³-hybridized carbons (Fsp3) is 0.0909. The molecule has 32 heavy (non-hydrogen) atoms. The number of sulfonamides is 1. The van der Waals surface area contributed by atoms with Gasteiger partial charge in [-0.3, -0.25) is 9.52 Å². The van der Waals surface area contributed by atoms with E-state index in [1.165, 1.54) is 24.5 Å². The van der Waals surface area contributed by atoms with E-state index in [0.717, 1.165) is 16.8 Å². The van der Waals surface area contributed by atoms with E-state index in [-0.39, 0.29) is 11.6 Å². The molecular weight excluding hydrogens is 448 g/mol. The Morgan fingerprint density at radius 1 is 1.09 bits per heavy atom. The number of aromatic nitrogens is 2. The van der Waals surface area contributed by atoms with Crippen LogP contribution in [0.3, 0.4) is 0 Å². The standard InChI is InChI=1S/C22H20N4O4S2/c1-30-19-11-10-15(13-18(19)25-32(2,28)29)23-22(27)17-14-26(16-7-4-3-5-8-16)24-21(17)20-9-6-12-31-20/h3-14,25H,1-2H3,(H,23,27). The van der Waals surface area contributed by atoms with Gasteiger partial charge in [-0.15, -0.1) is 11.3 Å².